The van der Waals surface area contributed by atoms with Crippen LogP contribution in [0, 0.1) is 5.41 Å². The van der Waals surface area contributed by atoms with Gasteiger partial charge in [-0.25, -0.2) is 0 Å². The smallest absolute Gasteiger partial charge is 0.228 e. The van der Waals surface area contributed by atoms with E-state index in [-0.39, 0.29) is 12.0 Å². The van der Waals surface area contributed by atoms with E-state index < -0.39 is 0 Å². The third-order valence-electron chi connectivity index (χ3n) is 4.77. The molecule has 0 unspecified atom stereocenters. The van der Waals surface area contributed by atoms with Gasteiger partial charge in [-0.3, -0.25) is 9.69 Å². The molecule has 19 heavy (non-hydrogen) atoms. The maximum absolute atomic E-state index is 12.8. The highest BCUT2D eigenvalue weighted by atomic mass is 16.3. The van der Waals surface area contributed by atoms with Crippen molar-refractivity contribution in [3.63, 3.8) is 0 Å². The molecule has 0 aliphatic carbocycles. The predicted molar refractivity (Wildman–Crippen MR) is 74.9 cm³/mol. The second-order valence-electron chi connectivity index (χ2n) is 5.74. The number of hydrogen-bond acceptors (Lipinski definition) is 4. The van der Waals surface area contributed by atoms with Gasteiger partial charge in [-0.05, 0) is 32.4 Å². The van der Waals surface area contributed by atoms with Crippen molar-refractivity contribution >= 4 is 5.91 Å². The molecule has 5 nitrogen and oxygen atoms in total. The number of nitrogens with zero attached hydrogens (tertiary/aromatic N) is 2. The number of β-amino-alcohol motifs (C(OH)–C–C–N with tert-alkyl or cyclic N) is 1. The topological polar surface area (TPSA) is 55.8 Å². The number of carbonyl (C=O) groups excluding carboxylic acids is 1. The van der Waals surface area contributed by atoms with Crippen LogP contribution in [0.15, 0.2) is 0 Å². The predicted octanol–water partition coefficient (Wildman–Crippen LogP) is -0.0973. The van der Waals surface area contributed by atoms with Crippen LogP contribution in [-0.4, -0.2) is 73.2 Å². The summed E-state index contributed by atoms with van der Waals surface area (Å²) in [6, 6.07) is 0. The highest BCUT2D eigenvalue weighted by molar-refractivity contribution is 5.83. The van der Waals surface area contributed by atoms with Crippen molar-refractivity contribution < 1.29 is 9.90 Å². The number of piperazine rings is 1. The average molecular weight is 269 g/mol. The van der Waals surface area contributed by atoms with E-state index in [1.54, 1.807) is 0 Å². The third-order valence-corrected chi connectivity index (χ3v) is 4.77. The lowest BCUT2D eigenvalue weighted by Crippen LogP contribution is -2.55. The molecule has 110 valence electrons. The number of aliphatic hydroxyl groups excluding tert-OH is 1. The van der Waals surface area contributed by atoms with E-state index in [1.165, 1.54) is 0 Å². The molecule has 0 aromatic rings. The molecule has 0 saturated carbocycles. The molecular formula is C14H27N3O2. The van der Waals surface area contributed by atoms with E-state index in [4.69, 9.17) is 5.11 Å². The Bertz CT molecular complexity index is 295. The summed E-state index contributed by atoms with van der Waals surface area (Å²) in [5.41, 5.74) is -0.121. The van der Waals surface area contributed by atoms with Gasteiger partial charge in [0, 0.05) is 32.7 Å². The standard InChI is InChI=1S/C14H27N3O2/c1-2-14(3-5-15-6-4-14)13(19)17-9-7-16(8-10-17)11-12-18/h15,18H,2-12H2,1H3. The van der Waals surface area contributed by atoms with Crippen LogP contribution in [0.25, 0.3) is 0 Å². The quantitative estimate of drug-likeness (QED) is 0.748. The molecule has 2 fully saturated rings. The second kappa shape index (κ2) is 6.68. The first-order valence-corrected chi connectivity index (χ1v) is 7.55. The summed E-state index contributed by atoms with van der Waals surface area (Å²) >= 11 is 0. The molecule has 0 atom stereocenters. The number of piperidine rings is 1. The molecular weight excluding hydrogens is 242 g/mol. The minimum atomic E-state index is -0.121. The van der Waals surface area contributed by atoms with Crippen molar-refractivity contribution in [3.8, 4) is 0 Å². The van der Waals surface area contributed by atoms with Crippen LogP contribution in [-0.2, 0) is 4.79 Å². The fourth-order valence-corrected chi connectivity index (χ4v) is 3.28. The number of amides is 1. The van der Waals surface area contributed by atoms with Crippen LogP contribution in [0.4, 0.5) is 0 Å². The Hall–Kier alpha value is -0.650. The van der Waals surface area contributed by atoms with Gasteiger partial charge in [0.15, 0.2) is 0 Å². The number of carbonyl (C=O) groups is 1. The van der Waals surface area contributed by atoms with Gasteiger partial charge in [-0.2, -0.15) is 0 Å². The van der Waals surface area contributed by atoms with Crippen LogP contribution >= 0.6 is 0 Å². The van der Waals surface area contributed by atoms with Gasteiger partial charge in [-0.15, -0.1) is 0 Å². The maximum atomic E-state index is 12.8. The first kappa shape index (κ1) is 14.8. The lowest BCUT2D eigenvalue weighted by molar-refractivity contribution is -0.146. The normalized spacial score (nSPS) is 24.4. The minimum Gasteiger partial charge on any atom is -0.395 e. The molecule has 2 heterocycles. The summed E-state index contributed by atoms with van der Waals surface area (Å²) in [4.78, 5) is 17.1. The van der Waals surface area contributed by atoms with Crippen molar-refractivity contribution in [1.82, 2.24) is 15.1 Å². The van der Waals surface area contributed by atoms with E-state index in [0.29, 0.717) is 5.91 Å². The summed E-state index contributed by atoms with van der Waals surface area (Å²) in [7, 11) is 0. The summed E-state index contributed by atoms with van der Waals surface area (Å²) in [5.74, 6) is 0.361. The zero-order valence-electron chi connectivity index (χ0n) is 12.0. The molecule has 0 aromatic heterocycles. The third kappa shape index (κ3) is 3.27. The summed E-state index contributed by atoms with van der Waals surface area (Å²) in [5, 5.41) is 12.3. The van der Waals surface area contributed by atoms with E-state index in [9.17, 15) is 4.79 Å². The van der Waals surface area contributed by atoms with Crippen molar-refractivity contribution in [2.24, 2.45) is 5.41 Å². The van der Waals surface area contributed by atoms with Gasteiger partial charge in [0.1, 0.15) is 0 Å². The molecule has 0 bridgehead atoms. The fourth-order valence-electron chi connectivity index (χ4n) is 3.28. The van der Waals surface area contributed by atoms with Crippen LogP contribution in [0.1, 0.15) is 26.2 Å². The Morgan fingerprint density at radius 1 is 1.21 bits per heavy atom. The van der Waals surface area contributed by atoms with Crippen LogP contribution in [0.2, 0.25) is 0 Å². The zero-order chi connectivity index (χ0) is 13.7. The van der Waals surface area contributed by atoms with Gasteiger partial charge in [0.2, 0.25) is 5.91 Å². The maximum Gasteiger partial charge on any atom is 0.228 e. The first-order valence-electron chi connectivity index (χ1n) is 7.55. The summed E-state index contributed by atoms with van der Waals surface area (Å²) in [6.45, 7) is 8.42. The average Bonchev–Trinajstić information content (AvgIpc) is 2.48. The number of aliphatic hydroxyl groups is 1. The summed E-state index contributed by atoms with van der Waals surface area (Å²) in [6.07, 6.45) is 2.89. The number of rotatable bonds is 4. The highest BCUT2D eigenvalue weighted by Gasteiger charge is 2.40. The number of nitrogens with one attached hydrogen (secondary N) is 1. The highest BCUT2D eigenvalue weighted by Crippen LogP contribution is 2.34. The van der Waals surface area contributed by atoms with Gasteiger partial charge in [0.05, 0.1) is 12.0 Å². The molecule has 5 heteroatoms. The number of hydrogen-bond donors (Lipinski definition) is 2. The van der Waals surface area contributed by atoms with Crippen molar-refractivity contribution in [3.05, 3.63) is 0 Å². The lowest BCUT2D eigenvalue weighted by atomic mass is 9.75. The molecule has 1 amide bonds. The van der Waals surface area contributed by atoms with Gasteiger partial charge >= 0.3 is 0 Å². The van der Waals surface area contributed by atoms with Crippen molar-refractivity contribution in [2.45, 2.75) is 26.2 Å². The van der Waals surface area contributed by atoms with Crippen molar-refractivity contribution in [1.29, 1.82) is 0 Å². The Labute approximate surface area is 115 Å². The molecule has 0 spiro atoms. The molecule has 0 radical (unpaired) electrons. The largest absolute Gasteiger partial charge is 0.395 e. The Morgan fingerprint density at radius 2 is 1.84 bits per heavy atom. The molecule has 0 aromatic carbocycles. The monoisotopic (exact) mass is 269 g/mol. The zero-order valence-corrected chi connectivity index (χ0v) is 12.0. The summed E-state index contributed by atoms with van der Waals surface area (Å²) < 4.78 is 0. The molecule has 2 rings (SSSR count). The van der Waals surface area contributed by atoms with E-state index >= 15 is 0 Å². The Kier molecular flexibility index (Phi) is 5.19. The van der Waals surface area contributed by atoms with Gasteiger partial charge in [-0.1, -0.05) is 6.92 Å². The lowest BCUT2D eigenvalue weighted by Gasteiger charge is -2.42. The molecule has 2 N–H and O–H groups in total. The van der Waals surface area contributed by atoms with Crippen LogP contribution in [0.3, 0.4) is 0 Å². The molecule has 2 saturated heterocycles. The van der Waals surface area contributed by atoms with Crippen LogP contribution in [0.5, 0.6) is 0 Å². The van der Waals surface area contributed by atoms with E-state index in [1.807, 2.05) is 4.90 Å². The van der Waals surface area contributed by atoms with Gasteiger partial charge in [0.25, 0.3) is 0 Å². The molecule has 2 aliphatic heterocycles. The fraction of sp³-hybridized carbons (Fsp3) is 0.929. The Balaban J connectivity index is 1.92. The van der Waals surface area contributed by atoms with Crippen LogP contribution < -0.4 is 5.32 Å². The Morgan fingerprint density at radius 3 is 2.37 bits per heavy atom. The second-order valence-corrected chi connectivity index (χ2v) is 5.74. The minimum absolute atomic E-state index is 0.121. The van der Waals surface area contributed by atoms with Crippen molar-refractivity contribution in [2.75, 3.05) is 52.4 Å². The van der Waals surface area contributed by atoms with Gasteiger partial charge < -0.3 is 15.3 Å². The van der Waals surface area contributed by atoms with E-state index in [2.05, 4.69) is 17.1 Å². The first-order chi connectivity index (χ1) is 9.22. The SMILES string of the molecule is CCC1(C(=O)N2CCN(CCO)CC2)CCNCC1. The molecule has 2 aliphatic rings. The van der Waals surface area contributed by atoms with E-state index in [0.717, 1.165) is 65.1 Å².